The Kier molecular flexibility index (Phi) is 7.92. The molecule has 3 rings (SSSR count). The molecule has 0 aliphatic carbocycles. The normalized spacial score (nSPS) is 17.1. The van der Waals surface area contributed by atoms with Crippen molar-refractivity contribution in [2.45, 2.75) is 44.8 Å². The van der Waals surface area contributed by atoms with Crippen LogP contribution in [0.1, 0.15) is 26.7 Å². The number of carbonyl (C=O) groups is 3. The lowest BCUT2D eigenvalue weighted by atomic mass is 10.1. The average Bonchev–Trinajstić information content (AvgIpc) is 3.48. The van der Waals surface area contributed by atoms with Gasteiger partial charge in [-0.2, -0.15) is 0 Å². The molecular formula is C22H26N6O3S. The Morgan fingerprint density at radius 3 is 2.69 bits per heavy atom. The molecule has 0 radical (unpaired) electrons. The number of rotatable bonds is 7. The smallest absolute Gasteiger partial charge is 0.258 e. The molecule has 1 aromatic carbocycles. The quantitative estimate of drug-likeness (QED) is 0.542. The van der Waals surface area contributed by atoms with E-state index in [-0.39, 0.29) is 17.7 Å². The molecule has 1 aromatic heterocycles. The third-order valence-corrected chi connectivity index (χ3v) is 5.90. The summed E-state index contributed by atoms with van der Waals surface area (Å²) in [7, 11) is 1.66. The van der Waals surface area contributed by atoms with Crippen molar-refractivity contribution in [3.8, 4) is 23.1 Å². The second-order valence-electron chi connectivity index (χ2n) is 7.34. The van der Waals surface area contributed by atoms with Crippen LogP contribution in [0.4, 0.5) is 5.00 Å². The Bertz CT molecular complexity index is 1030. The van der Waals surface area contributed by atoms with Crippen LogP contribution < -0.4 is 16.0 Å². The fourth-order valence-electron chi connectivity index (χ4n) is 3.42. The second-order valence-corrected chi connectivity index (χ2v) is 8.10. The Balaban J connectivity index is 1.74. The van der Waals surface area contributed by atoms with Gasteiger partial charge >= 0.3 is 0 Å². The standard InChI is InChI=1S/C22H26N6O3S/c1-4-9-16(24-19(29)14(2)23-3)22(31)28-13-8-12-17(28)20(30)25-21-18(26-27-32-21)15-10-6-5-7-11-15/h5-7,10-11,14,16-17,23H,8,12-13H2,1-3H3,(H,24,29)(H,25,30)/t14-,16?,17-/m0/s1. The largest absolute Gasteiger partial charge is 0.333 e. The van der Waals surface area contributed by atoms with Gasteiger partial charge in [0.2, 0.25) is 11.8 Å². The second kappa shape index (κ2) is 10.8. The molecule has 1 aliphatic rings. The van der Waals surface area contributed by atoms with Crippen molar-refractivity contribution in [1.82, 2.24) is 25.1 Å². The number of amides is 3. The van der Waals surface area contributed by atoms with Gasteiger partial charge in [0.25, 0.3) is 5.91 Å². The number of benzene rings is 1. The van der Waals surface area contributed by atoms with Gasteiger partial charge in [0.05, 0.1) is 6.04 Å². The van der Waals surface area contributed by atoms with Crippen LogP contribution >= 0.6 is 11.5 Å². The van der Waals surface area contributed by atoms with Crippen LogP contribution in [0.5, 0.6) is 0 Å². The molecule has 9 nitrogen and oxygen atoms in total. The highest BCUT2D eigenvalue weighted by atomic mass is 32.1. The maximum atomic E-state index is 13.2. The molecule has 1 aliphatic heterocycles. The van der Waals surface area contributed by atoms with E-state index in [4.69, 9.17) is 0 Å². The first kappa shape index (κ1) is 23.4. The van der Waals surface area contributed by atoms with E-state index >= 15 is 0 Å². The van der Waals surface area contributed by atoms with Crippen molar-refractivity contribution < 1.29 is 14.4 Å². The molecule has 1 unspecified atom stereocenters. The van der Waals surface area contributed by atoms with Gasteiger partial charge in [-0.05, 0) is 33.7 Å². The van der Waals surface area contributed by atoms with Gasteiger partial charge in [-0.3, -0.25) is 14.4 Å². The Morgan fingerprint density at radius 1 is 1.25 bits per heavy atom. The van der Waals surface area contributed by atoms with Crippen LogP contribution in [0.15, 0.2) is 30.3 Å². The summed E-state index contributed by atoms with van der Waals surface area (Å²) in [4.78, 5) is 40.0. The summed E-state index contributed by atoms with van der Waals surface area (Å²) in [6.07, 6.45) is 1.21. The molecule has 1 saturated heterocycles. The zero-order valence-electron chi connectivity index (χ0n) is 18.2. The summed E-state index contributed by atoms with van der Waals surface area (Å²) in [6.45, 7) is 3.71. The molecule has 2 heterocycles. The molecule has 3 amide bonds. The molecule has 32 heavy (non-hydrogen) atoms. The summed E-state index contributed by atoms with van der Waals surface area (Å²) in [6, 6.07) is 7.30. The molecule has 168 valence electrons. The zero-order valence-corrected chi connectivity index (χ0v) is 19.0. The third kappa shape index (κ3) is 5.30. The van der Waals surface area contributed by atoms with E-state index in [1.165, 1.54) is 4.90 Å². The highest BCUT2D eigenvalue weighted by molar-refractivity contribution is 7.10. The highest BCUT2D eigenvalue weighted by Crippen LogP contribution is 2.29. The van der Waals surface area contributed by atoms with Crippen LogP contribution in [0.2, 0.25) is 0 Å². The van der Waals surface area contributed by atoms with E-state index in [1.54, 1.807) is 20.9 Å². The van der Waals surface area contributed by atoms with E-state index in [1.807, 2.05) is 30.3 Å². The molecule has 0 bridgehead atoms. The van der Waals surface area contributed by atoms with Crippen molar-refractivity contribution in [2.24, 2.45) is 0 Å². The SMILES string of the molecule is CC#CC(NC(=O)[C@H](C)NC)C(=O)N1CCC[C@H]1C(=O)Nc1snnc1-c1ccccc1. The van der Waals surface area contributed by atoms with Gasteiger partial charge in [0, 0.05) is 23.6 Å². The number of likely N-dealkylation sites (tertiary alicyclic amines) is 1. The zero-order chi connectivity index (χ0) is 23.1. The number of carbonyl (C=O) groups excluding carboxylic acids is 3. The first-order valence-corrected chi connectivity index (χ1v) is 11.1. The lowest BCUT2D eigenvalue weighted by Crippen LogP contribution is -2.54. The van der Waals surface area contributed by atoms with Gasteiger partial charge in [-0.25, -0.2) is 0 Å². The van der Waals surface area contributed by atoms with Crippen molar-refractivity contribution in [2.75, 3.05) is 18.9 Å². The van der Waals surface area contributed by atoms with E-state index in [0.717, 1.165) is 17.1 Å². The minimum absolute atomic E-state index is 0.308. The molecule has 0 spiro atoms. The minimum atomic E-state index is -1.01. The van der Waals surface area contributed by atoms with Gasteiger partial charge in [-0.1, -0.05) is 40.7 Å². The Hall–Kier alpha value is -3.29. The Morgan fingerprint density at radius 2 is 2.00 bits per heavy atom. The van der Waals surface area contributed by atoms with Crippen LogP contribution in [-0.2, 0) is 14.4 Å². The Labute approximate surface area is 191 Å². The minimum Gasteiger partial charge on any atom is -0.333 e. The number of aromatic nitrogens is 2. The predicted molar refractivity (Wildman–Crippen MR) is 123 cm³/mol. The number of hydrogen-bond acceptors (Lipinski definition) is 7. The summed E-state index contributed by atoms with van der Waals surface area (Å²) < 4.78 is 3.97. The van der Waals surface area contributed by atoms with Gasteiger partial charge < -0.3 is 20.9 Å². The average molecular weight is 455 g/mol. The highest BCUT2D eigenvalue weighted by Gasteiger charge is 2.38. The van der Waals surface area contributed by atoms with Crippen molar-refractivity contribution in [1.29, 1.82) is 0 Å². The van der Waals surface area contributed by atoms with E-state index < -0.39 is 18.1 Å². The number of hydrogen-bond donors (Lipinski definition) is 3. The van der Waals surface area contributed by atoms with Crippen molar-refractivity contribution in [3.05, 3.63) is 30.3 Å². The van der Waals surface area contributed by atoms with Gasteiger partial charge in [0.15, 0.2) is 6.04 Å². The van der Waals surface area contributed by atoms with Crippen LogP contribution in [-0.4, -0.2) is 63.9 Å². The van der Waals surface area contributed by atoms with Crippen LogP contribution in [0.25, 0.3) is 11.3 Å². The molecule has 3 atom stereocenters. The summed E-state index contributed by atoms with van der Waals surface area (Å²) in [5, 5.41) is 13.0. The van der Waals surface area contributed by atoms with E-state index in [9.17, 15) is 14.4 Å². The summed E-state index contributed by atoms with van der Waals surface area (Å²) in [5.41, 5.74) is 1.43. The molecule has 1 fully saturated rings. The summed E-state index contributed by atoms with van der Waals surface area (Å²) >= 11 is 1.09. The first-order valence-electron chi connectivity index (χ1n) is 10.3. The van der Waals surface area contributed by atoms with Gasteiger partial charge in [0.1, 0.15) is 16.7 Å². The number of anilines is 1. The third-order valence-electron chi connectivity index (χ3n) is 5.26. The number of nitrogens with one attached hydrogen (secondary N) is 3. The molecular weight excluding hydrogens is 428 g/mol. The predicted octanol–water partition coefficient (Wildman–Crippen LogP) is 1.25. The first-order chi connectivity index (χ1) is 15.5. The monoisotopic (exact) mass is 454 g/mol. The lowest BCUT2D eigenvalue weighted by Gasteiger charge is -2.27. The fourth-order valence-corrected chi connectivity index (χ4v) is 4.02. The number of likely N-dealkylation sites (N-methyl/N-ethyl adjacent to an activating group) is 1. The maximum Gasteiger partial charge on any atom is 0.258 e. The van der Waals surface area contributed by atoms with E-state index in [0.29, 0.717) is 30.1 Å². The van der Waals surface area contributed by atoms with Crippen LogP contribution in [0, 0.1) is 11.8 Å². The molecule has 0 saturated carbocycles. The maximum absolute atomic E-state index is 13.2. The molecule has 10 heteroatoms. The van der Waals surface area contributed by atoms with Crippen molar-refractivity contribution in [3.63, 3.8) is 0 Å². The molecule has 2 aromatic rings. The van der Waals surface area contributed by atoms with Gasteiger partial charge in [-0.15, -0.1) is 11.0 Å². The lowest BCUT2D eigenvalue weighted by molar-refractivity contribution is -0.139. The van der Waals surface area contributed by atoms with E-state index in [2.05, 4.69) is 37.4 Å². The molecule has 3 N–H and O–H groups in total. The van der Waals surface area contributed by atoms with Crippen LogP contribution in [0.3, 0.4) is 0 Å². The fraction of sp³-hybridized carbons (Fsp3) is 0.409. The number of nitrogens with zero attached hydrogens (tertiary/aromatic N) is 3. The van der Waals surface area contributed by atoms with Crippen molar-refractivity contribution >= 4 is 34.3 Å². The topological polar surface area (TPSA) is 116 Å². The summed E-state index contributed by atoms with van der Waals surface area (Å²) in [5.74, 6) is 4.41.